The summed E-state index contributed by atoms with van der Waals surface area (Å²) in [6, 6.07) is 11.5. The first-order valence-electron chi connectivity index (χ1n) is 9.51. The molecule has 2 aromatic rings. The van der Waals surface area contributed by atoms with Crippen molar-refractivity contribution in [2.24, 2.45) is 5.92 Å². The highest BCUT2D eigenvalue weighted by atomic mass is 19.4. The second kappa shape index (κ2) is 6.68. The second-order valence-electron chi connectivity index (χ2n) is 8.40. The minimum Gasteiger partial charge on any atom is -0.488 e. The molecular formula is C22H22F3NO3. The molecule has 1 N–H and O–H groups in total. The van der Waals surface area contributed by atoms with Crippen molar-refractivity contribution >= 4 is 11.7 Å². The molecule has 0 aromatic heterocycles. The number of fused-ring (bicyclic) bond motifs is 1. The van der Waals surface area contributed by atoms with E-state index in [0.29, 0.717) is 19.5 Å². The van der Waals surface area contributed by atoms with Crippen LogP contribution in [0.2, 0.25) is 0 Å². The van der Waals surface area contributed by atoms with Crippen LogP contribution in [0.15, 0.2) is 42.5 Å². The quantitative estimate of drug-likeness (QED) is 0.788. The van der Waals surface area contributed by atoms with Gasteiger partial charge in [-0.1, -0.05) is 18.2 Å². The number of hydrogen-bond donors (Lipinski definition) is 1. The maximum Gasteiger partial charge on any atom is 0.416 e. The molecule has 4 nitrogen and oxygen atoms in total. The molecule has 1 atom stereocenters. The maximum absolute atomic E-state index is 13.1. The smallest absolute Gasteiger partial charge is 0.416 e. The lowest BCUT2D eigenvalue weighted by atomic mass is 9.79. The number of alkyl halides is 3. The number of nitrogens with zero attached hydrogens (tertiary/aromatic N) is 1. The molecule has 0 saturated carbocycles. The summed E-state index contributed by atoms with van der Waals surface area (Å²) in [5.74, 6) is -0.992. The van der Waals surface area contributed by atoms with E-state index in [0.717, 1.165) is 28.9 Å². The first-order valence-corrected chi connectivity index (χ1v) is 9.51. The molecule has 29 heavy (non-hydrogen) atoms. The van der Waals surface area contributed by atoms with Crippen LogP contribution in [0.5, 0.6) is 5.75 Å². The molecule has 2 heterocycles. The van der Waals surface area contributed by atoms with E-state index >= 15 is 0 Å². The number of ether oxygens (including phenoxy) is 1. The molecule has 154 valence electrons. The number of aliphatic carboxylic acids is 1. The van der Waals surface area contributed by atoms with Gasteiger partial charge in [0.2, 0.25) is 0 Å². The molecule has 1 unspecified atom stereocenters. The third-order valence-electron chi connectivity index (χ3n) is 5.67. The fraction of sp³-hybridized carbons (Fsp3) is 0.409. The van der Waals surface area contributed by atoms with Crippen LogP contribution in [-0.4, -0.2) is 29.8 Å². The lowest BCUT2D eigenvalue weighted by Gasteiger charge is -2.40. The van der Waals surface area contributed by atoms with E-state index in [4.69, 9.17) is 9.84 Å². The van der Waals surface area contributed by atoms with Gasteiger partial charge in [-0.25, -0.2) is 0 Å². The molecule has 1 saturated heterocycles. The van der Waals surface area contributed by atoms with Crippen LogP contribution in [0.4, 0.5) is 18.9 Å². The molecule has 4 rings (SSSR count). The Balaban J connectivity index is 1.67. The third-order valence-corrected chi connectivity index (χ3v) is 5.67. The van der Waals surface area contributed by atoms with Crippen LogP contribution in [0, 0.1) is 5.92 Å². The van der Waals surface area contributed by atoms with Crippen molar-refractivity contribution in [2.75, 3.05) is 18.0 Å². The molecule has 2 aliphatic heterocycles. The number of carboxylic acids is 1. The van der Waals surface area contributed by atoms with Gasteiger partial charge in [-0.3, -0.25) is 4.79 Å². The topological polar surface area (TPSA) is 49.8 Å². The van der Waals surface area contributed by atoms with E-state index < -0.39 is 23.3 Å². The number of carbonyl (C=O) groups is 1. The highest BCUT2D eigenvalue weighted by Crippen LogP contribution is 2.46. The number of anilines is 1. The van der Waals surface area contributed by atoms with Gasteiger partial charge in [0.1, 0.15) is 11.4 Å². The molecule has 2 aliphatic rings. The maximum atomic E-state index is 13.1. The normalized spacial score (nSPS) is 21.1. The summed E-state index contributed by atoms with van der Waals surface area (Å²) in [6.45, 7) is 4.67. The van der Waals surface area contributed by atoms with Crippen molar-refractivity contribution in [2.45, 2.75) is 38.0 Å². The Bertz CT molecular complexity index is 949. The summed E-state index contributed by atoms with van der Waals surface area (Å²) in [5.41, 5.74) is 1.32. The van der Waals surface area contributed by atoms with E-state index in [1.807, 2.05) is 43.0 Å². The van der Waals surface area contributed by atoms with Crippen molar-refractivity contribution in [1.82, 2.24) is 0 Å². The van der Waals surface area contributed by atoms with Gasteiger partial charge in [0.05, 0.1) is 11.5 Å². The Kier molecular flexibility index (Phi) is 4.52. The zero-order valence-corrected chi connectivity index (χ0v) is 16.2. The molecule has 0 bridgehead atoms. The monoisotopic (exact) mass is 405 g/mol. The highest BCUT2D eigenvalue weighted by Gasteiger charge is 2.38. The molecular weight excluding hydrogens is 383 g/mol. The first-order chi connectivity index (χ1) is 13.5. The summed E-state index contributed by atoms with van der Waals surface area (Å²) in [6.07, 6.45) is -3.79. The Hall–Kier alpha value is -2.70. The van der Waals surface area contributed by atoms with Crippen molar-refractivity contribution in [3.05, 3.63) is 59.2 Å². The third kappa shape index (κ3) is 3.78. The standard InChI is InChI=1S/C22H22F3NO3/c1-21(2)10-18(17-7-6-15(22(23,24)25)9-19(17)29-21)13-4-3-5-16(8-13)26-11-14(12-26)20(27)28/h3-9,14,18H,10-12H2,1-2H3,(H,27,28). The van der Waals surface area contributed by atoms with E-state index in [1.165, 1.54) is 6.07 Å². The number of hydrogen-bond acceptors (Lipinski definition) is 3. The number of benzene rings is 2. The van der Waals surface area contributed by atoms with Crippen molar-refractivity contribution in [3.8, 4) is 5.75 Å². The van der Waals surface area contributed by atoms with E-state index in [-0.39, 0.29) is 17.6 Å². The van der Waals surface area contributed by atoms with Gasteiger partial charge in [-0.2, -0.15) is 13.2 Å². The van der Waals surface area contributed by atoms with Gasteiger partial charge in [0.15, 0.2) is 0 Å². The van der Waals surface area contributed by atoms with Crippen LogP contribution < -0.4 is 9.64 Å². The van der Waals surface area contributed by atoms with Gasteiger partial charge in [-0.15, -0.1) is 0 Å². The van der Waals surface area contributed by atoms with E-state index in [2.05, 4.69) is 0 Å². The predicted molar refractivity (Wildman–Crippen MR) is 102 cm³/mol. The van der Waals surface area contributed by atoms with Crippen LogP contribution in [0.1, 0.15) is 42.9 Å². The molecule has 1 fully saturated rings. The van der Waals surface area contributed by atoms with E-state index in [1.54, 1.807) is 0 Å². The zero-order valence-electron chi connectivity index (χ0n) is 16.2. The summed E-state index contributed by atoms with van der Waals surface area (Å²) in [4.78, 5) is 13.1. The number of halogens is 3. The van der Waals surface area contributed by atoms with E-state index in [9.17, 15) is 18.0 Å². The highest BCUT2D eigenvalue weighted by molar-refractivity contribution is 5.74. The SMILES string of the molecule is CC1(C)CC(c2cccc(N3CC(C(=O)O)C3)c2)c2ccc(C(F)(F)F)cc2O1. The molecule has 0 spiro atoms. The Morgan fingerprint density at radius 1 is 1.17 bits per heavy atom. The Morgan fingerprint density at radius 2 is 1.90 bits per heavy atom. The van der Waals surface area contributed by atoms with Gasteiger partial charge < -0.3 is 14.7 Å². The average Bonchev–Trinajstić information content (AvgIpc) is 2.57. The molecule has 7 heteroatoms. The van der Waals surface area contributed by atoms with Gasteiger partial charge in [0, 0.05) is 30.3 Å². The van der Waals surface area contributed by atoms with Crippen LogP contribution in [0.3, 0.4) is 0 Å². The summed E-state index contributed by atoms with van der Waals surface area (Å²) >= 11 is 0. The Morgan fingerprint density at radius 3 is 2.55 bits per heavy atom. The second-order valence-corrected chi connectivity index (χ2v) is 8.40. The van der Waals surface area contributed by atoms with Crippen molar-refractivity contribution in [3.63, 3.8) is 0 Å². The van der Waals surface area contributed by atoms with Crippen LogP contribution in [0.25, 0.3) is 0 Å². The molecule has 0 radical (unpaired) electrons. The van der Waals surface area contributed by atoms with Gasteiger partial charge in [-0.05, 0) is 50.1 Å². The molecule has 0 aliphatic carbocycles. The first kappa shape index (κ1) is 19.6. The minimum atomic E-state index is -4.42. The summed E-state index contributed by atoms with van der Waals surface area (Å²) in [7, 11) is 0. The fourth-order valence-electron chi connectivity index (χ4n) is 4.11. The summed E-state index contributed by atoms with van der Waals surface area (Å²) < 4.78 is 45.3. The molecule has 2 aromatic carbocycles. The average molecular weight is 405 g/mol. The number of rotatable bonds is 3. The lowest BCUT2D eigenvalue weighted by Crippen LogP contribution is -2.50. The fourth-order valence-corrected chi connectivity index (χ4v) is 4.11. The van der Waals surface area contributed by atoms with Gasteiger partial charge in [0.25, 0.3) is 0 Å². The predicted octanol–water partition coefficient (Wildman–Crippen LogP) is 4.92. The van der Waals surface area contributed by atoms with Crippen molar-refractivity contribution < 1.29 is 27.8 Å². The van der Waals surface area contributed by atoms with Gasteiger partial charge >= 0.3 is 12.1 Å². The Labute approximate surface area is 166 Å². The summed E-state index contributed by atoms with van der Waals surface area (Å²) in [5, 5.41) is 9.08. The number of carboxylic acid groups (broad SMARTS) is 1. The lowest BCUT2D eigenvalue weighted by molar-refractivity contribution is -0.142. The van der Waals surface area contributed by atoms with Crippen LogP contribution in [-0.2, 0) is 11.0 Å². The molecule has 0 amide bonds. The largest absolute Gasteiger partial charge is 0.488 e. The zero-order chi connectivity index (χ0) is 21.0. The van der Waals surface area contributed by atoms with Crippen LogP contribution >= 0.6 is 0 Å². The van der Waals surface area contributed by atoms with Crippen molar-refractivity contribution in [1.29, 1.82) is 0 Å². The minimum absolute atomic E-state index is 0.104.